The molecule has 7 rings (SSSR count). The summed E-state index contributed by atoms with van der Waals surface area (Å²) in [5.41, 5.74) is 9.81. The van der Waals surface area contributed by atoms with Gasteiger partial charge in [-0.2, -0.15) is 0 Å². The monoisotopic (exact) mass is 574 g/mol. The zero-order chi connectivity index (χ0) is 29.7. The zero-order valence-corrected chi connectivity index (χ0v) is 24.1. The van der Waals surface area contributed by atoms with Crippen LogP contribution in [-0.4, -0.2) is 35.8 Å². The Balaban J connectivity index is 0.965. The summed E-state index contributed by atoms with van der Waals surface area (Å²) in [7, 11) is 0. The molecule has 0 unspecified atom stereocenters. The Morgan fingerprint density at radius 3 is 1.36 bits per heavy atom. The molecule has 7 nitrogen and oxygen atoms in total. The summed E-state index contributed by atoms with van der Waals surface area (Å²) in [5, 5.41) is 17.2. The minimum Gasteiger partial charge on any atom is -0.289 e. The first-order valence-electron chi connectivity index (χ1n) is 14.7. The van der Waals surface area contributed by atoms with Crippen molar-refractivity contribution in [1.82, 2.24) is 30.0 Å². The molecule has 0 radical (unpaired) electrons. The van der Waals surface area contributed by atoms with Crippen LogP contribution in [0.15, 0.2) is 133 Å². The van der Waals surface area contributed by atoms with Crippen molar-refractivity contribution in [3.8, 4) is 22.5 Å². The van der Waals surface area contributed by atoms with Crippen LogP contribution in [0.2, 0.25) is 0 Å². The molecule has 1 saturated carbocycles. The summed E-state index contributed by atoms with van der Waals surface area (Å²) >= 11 is 0. The van der Waals surface area contributed by atoms with Gasteiger partial charge < -0.3 is 0 Å². The fourth-order valence-electron chi connectivity index (χ4n) is 5.43. The Bertz CT molecular complexity index is 1810. The van der Waals surface area contributed by atoms with Crippen molar-refractivity contribution in [2.45, 2.75) is 25.9 Å². The molecule has 0 atom stereocenters. The molecule has 0 N–H and O–H groups in total. The Labute approximate surface area is 255 Å². The van der Waals surface area contributed by atoms with Crippen molar-refractivity contribution in [2.75, 3.05) is 0 Å². The fourth-order valence-corrected chi connectivity index (χ4v) is 5.43. The summed E-state index contributed by atoms with van der Waals surface area (Å²) in [6.07, 6.45) is 9.45. The SMILES string of the molecule is O=C1/C(=C/c2ccc(Cn3cc(-c4ccccc4)nn3)cc2)CC/C1=C\c1ccc(Cn2cc(-c3ccccc3)nn2)cc1. The van der Waals surface area contributed by atoms with Crippen LogP contribution in [0.25, 0.3) is 34.7 Å². The molecule has 214 valence electrons. The standard InChI is InChI=1S/C37H30N6O/c44-37-33(21-27-11-15-29(16-12-27)23-42-25-35(38-40-42)31-7-3-1-4-8-31)19-20-34(37)22-28-13-17-30(18-14-28)24-43-26-36(39-41-43)32-9-5-2-6-10-32/h1-18,21-22,25-26H,19-20,23-24H2/b33-21+,34-22+. The van der Waals surface area contributed by atoms with E-state index in [4.69, 9.17) is 0 Å². The van der Waals surface area contributed by atoms with Gasteiger partial charge in [0.2, 0.25) is 0 Å². The number of carbonyl (C=O) groups excluding carboxylic acids is 1. The van der Waals surface area contributed by atoms with E-state index >= 15 is 0 Å². The minimum atomic E-state index is 0.130. The number of rotatable bonds is 8. The van der Waals surface area contributed by atoms with Crippen molar-refractivity contribution in [1.29, 1.82) is 0 Å². The summed E-state index contributed by atoms with van der Waals surface area (Å²) in [6.45, 7) is 1.27. The lowest BCUT2D eigenvalue weighted by atomic mass is 10.0. The fraction of sp³-hybridized carbons (Fsp3) is 0.108. The zero-order valence-electron chi connectivity index (χ0n) is 24.1. The van der Waals surface area contributed by atoms with Crippen LogP contribution in [0.4, 0.5) is 0 Å². The lowest BCUT2D eigenvalue weighted by Gasteiger charge is -2.03. The van der Waals surface area contributed by atoms with Gasteiger partial charge in [0, 0.05) is 22.3 Å². The first-order chi connectivity index (χ1) is 21.7. The summed E-state index contributed by atoms with van der Waals surface area (Å²) in [5.74, 6) is 0.130. The molecule has 1 fully saturated rings. The summed E-state index contributed by atoms with van der Waals surface area (Å²) in [6, 6.07) is 36.6. The first-order valence-corrected chi connectivity index (χ1v) is 14.7. The molecule has 2 heterocycles. The van der Waals surface area contributed by atoms with E-state index in [1.54, 1.807) is 0 Å². The normalized spacial score (nSPS) is 15.0. The van der Waals surface area contributed by atoms with Gasteiger partial charge in [0.05, 0.1) is 25.5 Å². The van der Waals surface area contributed by atoms with Gasteiger partial charge >= 0.3 is 0 Å². The lowest BCUT2D eigenvalue weighted by molar-refractivity contribution is -0.111. The number of ketones is 1. The maximum absolute atomic E-state index is 13.2. The predicted molar refractivity (Wildman–Crippen MR) is 172 cm³/mol. The van der Waals surface area contributed by atoms with Crippen molar-refractivity contribution in [3.05, 3.63) is 155 Å². The third kappa shape index (κ3) is 6.22. The van der Waals surface area contributed by atoms with Crippen molar-refractivity contribution >= 4 is 17.9 Å². The maximum Gasteiger partial charge on any atom is 0.185 e. The van der Waals surface area contributed by atoms with Crippen LogP contribution in [0, 0.1) is 0 Å². The van der Waals surface area contributed by atoms with Crippen LogP contribution in [0.5, 0.6) is 0 Å². The number of allylic oxidation sites excluding steroid dienone is 2. The Kier molecular flexibility index (Phi) is 7.58. The van der Waals surface area contributed by atoms with Crippen LogP contribution < -0.4 is 0 Å². The van der Waals surface area contributed by atoms with Crippen molar-refractivity contribution in [3.63, 3.8) is 0 Å². The first kappa shape index (κ1) is 27.2. The molecule has 4 aromatic carbocycles. The van der Waals surface area contributed by atoms with Crippen LogP contribution in [0.1, 0.15) is 35.1 Å². The van der Waals surface area contributed by atoms with Crippen LogP contribution in [-0.2, 0) is 17.9 Å². The molecular weight excluding hydrogens is 544 g/mol. The van der Waals surface area contributed by atoms with Crippen molar-refractivity contribution < 1.29 is 4.79 Å². The average Bonchev–Trinajstić information content (AvgIpc) is 3.82. The lowest BCUT2D eigenvalue weighted by Crippen LogP contribution is -2.00. The van der Waals surface area contributed by atoms with Gasteiger partial charge in [-0.05, 0) is 47.2 Å². The van der Waals surface area contributed by atoms with Gasteiger partial charge in [0.25, 0.3) is 0 Å². The highest BCUT2D eigenvalue weighted by Gasteiger charge is 2.23. The molecule has 6 aromatic rings. The number of Topliss-reactive ketones (excluding diaryl/α,β-unsaturated/α-hetero) is 1. The summed E-state index contributed by atoms with van der Waals surface area (Å²) < 4.78 is 3.69. The molecule has 1 aliphatic rings. The molecule has 44 heavy (non-hydrogen) atoms. The Morgan fingerprint density at radius 1 is 0.545 bits per heavy atom. The smallest absolute Gasteiger partial charge is 0.185 e. The summed E-state index contributed by atoms with van der Waals surface area (Å²) in [4.78, 5) is 13.2. The number of hydrogen-bond acceptors (Lipinski definition) is 5. The molecule has 0 bridgehead atoms. The minimum absolute atomic E-state index is 0.130. The largest absolute Gasteiger partial charge is 0.289 e. The average molecular weight is 575 g/mol. The second-order valence-corrected chi connectivity index (χ2v) is 11.0. The van der Waals surface area contributed by atoms with E-state index in [0.29, 0.717) is 13.1 Å². The van der Waals surface area contributed by atoms with Gasteiger partial charge in [-0.1, -0.05) is 120 Å². The molecule has 2 aromatic heterocycles. The van der Waals surface area contributed by atoms with E-state index in [1.807, 2.05) is 94.6 Å². The van der Waals surface area contributed by atoms with Gasteiger partial charge in [0.1, 0.15) is 11.4 Å². The van der Waals surface area contributed by atoms with Gasteiger partial charge in [-0.15, -0.1) is 10.2 Å². The van der Waals surface area contributed by atoms with E-state index in [2.05, 4.69) is 69.2 Å². The van der Waals surface area contributed by atoms with E-state index < -0.39 is 0 Å². The number of hydrogen-bond donors (Lipinski definition) is 0. The molecule has 0 amide bonds. The number of aromatic nitrogens is 6. The Morgan fingerprint density at radius 2 is 0.955 bits per heavy atom. The quantitative estimate of drug-likeness (QED) is 0.181. The van der Waals surface area contributed by atoms with E-state index in [0.717, 1.165) is 68.8 Å². The second-order valence-electron chi connectivity index (χ2n) is 11.0. The van der Waals surface area contributed by atoms with Crippen LogP contribution >= 0.6 is 0 Å². The topological polar surface area (TPSA) is 78.5 Å². The highest BCUT2D eigenvalue weighted by molar-refractivity contribution is 6.15. The molecule has 0 saturated heterocycles. The van der Waals surface area contributed by atoms with E-state index in [1.165, 1.54) is 0 Å². The molecule has 0 spiro atoms. The molecule has 7 heteroatoms. The molecular formula is C37H30N6O. The third-order valence-electron chi connectivity index (χ3n) is 7.79. The maximum atomic E-state index is 13.2. The third-order valence-corrected chi connectivity index (χ3v) is 7.79. The highest BCUT2D eigenvalue weighted by atomic mass is 16.1. The number of benzene rings is 4. The Hall–Kier alpha value is -5.69. The van der Waals surface area contributed by atoms with E-state index in [-0.39, 0.29) is 5.78 Å². The second kappa shape index (κ2) is 12.3. The van der Waals surface area contributed by atoms with Gasteiger partial charge in [-0.3, -0.25) is 4.79 Å². The van der Waals surface area contributed by atoms with Gasteiger partial charge in [-0.25, -0.2) is 9.36 Å². The number of carbonyl (C=O) groups is 1. The molecule has 1 aliphatic carbocycles. The predicted octanol–water partition coefficient (Wildman–Crippen LogP) is 7.13. The highest BCUT2D eigenvalue weighted by Crippen LogP contribution is 2.30. The van der Waals surface area contributed by atoms with Crippen molar-refractivity contribution in [2.24, 2.45) is 0 Å². The number of nitrogens with zero attached hydrogens (tertiary/aromatic N) is 6. The van der Waals surface area contributed by atoms with Gasteiger partial charge in [0.15, 0.2) is 5.78 Å². The van der Waals surface area contributed by atoms with E-state index in [9.17, 15) is 4.79 Å². The molecule has 0 aliphatic heterocycles. The van der Waals surface area contributed by atoms with Crippen LogP contribution in [0.3, 0.4) is 0 Å².